The fourth-order valence-corrected chi connectivity index (χ4v) is 7.73. The van der Waals surface area contributed by atoms with Crippen molar-refractivity contribution in [3.63, 3.8) is 0 Å². The molecular weight excluding hydrogens is 1070 g/mol. The number of halogens is 25. The topological polar surface area (TPSA) is 20.9 Å². The molecule has 0 bridgehead atoms. The highest BCUT2D eigenvalue weighted by Crippen LogP contribution is 2.41. The molecule has 0 N–H and O–H groups in total. The number of rotatable bonds is 8. The standard InChI is InChI=1S/C32H12BF24.C14H13FNO/c34-25(35,36)13-1-14(26(37,38)39)6-21(5-13)33(22-7-15(27(40,41)42)2-16(8-22)28(43,44)45,23-9-17(29(46,47)48)3-18(10-23)30(49,50)51)24-11-19(31(52,53)54)4-20(12-24)32(55,56)57;15-10-13-8-4-5-9-16(13)11-14(17)12-6-2-1-3-7-12/h1-12H;1-9H,10-11H2/q-1;+1. The quantitative estimate of drug-likeness (QED) is 0.0644. The number of pyridine rings is 1. The monoisotopic (exact) mass is 1090 g/mol. The Hall–Kier alpha value is -6.77. The summed E-state index contributed by atoms with van der Waals surface area (Å²) in [7, 11) is 0. The van der Waals surface area contributed by atoms with Gasteiger partial charge in [0.25, 0.3) is 0 Å². The predicted molar refractivity (Wildman–Crippen MR) is 212 cm³/mol. The summed E-state index contributed by atoms with van der Waals surface area (Å²) >= 11 is 0. The maximum Gasteiger partial charge on any atom is 0.416 e. The molecule has 0 saturated carbocycles. The second-order valence-corrected chi connectivity index (χ2v) is 16.0. The number of nitrogens with zero attached hydrogens (tertiary/aromatic N) is 1. The van der Waals surface area contributed by atoms with E-state index in [2.05, 4.69) is 0 Å². The molecule has 1 heterocycles. The predicted octanol–water partition coefficient (Wildman–Crippen LogP) is 13.5. The van der Waals surface area contributed by atoms with Crippen molar-refractivity contribution in [2.45, 2.75) is 62.6 Å². The van der Waals surface area contributed by atoms with Gasteiger partial charge >= 0.3 is 49.4 Å². The SMILES string of the molecule is FC(F)(F)c1cc([B-](c2cc(C(F)(F)F)cc(C(F)(F)F)c2)(c2cc(C(F)(F)F)cc(C(F)(F)F)c2)c2cc(C(F)(F)F)cc(C(F)(F)F)c2)cc(C(F)(F)F)c1.O=C(C[n+]1ccccc1CF)c1ccccc1. The zero-order valence-electron chi connectivity index (χ0n) is 35.9. The molecular formula is C46H25BF25NO. The van der Waals surface area contributed by atoms with Crippen LogP contribution in [-0.4, -0.2) is 11.9 Å². The molecule has 2 nitrogen and oxygen atoms in total. The molecule has 0 fully saturated rings. The summed E-state index contributed by atoms with van der Waals surface area (Å²) in [6, 6.07) is 5.45. The van der Waals surface area contributed by atoms with Crippen LogP contribution in [0.5, 0.6) is 0 Å². The third kappa shape index (κ3) is 13.3. The number of hydrogen-bond donors (Lipinski definition) is 0. The molecule has 0 atom stereocenters. The molecule has 0 radical (unpaired) electrons. The highest BCUT2D eigenvalue weighted by molar-refractivity contribution is 7.20. The van der Waals surface area contributed by atoms with Crippen LogP contribution >= 0.6 is 0 Å². The van der Waals surface area contributed by atoms with Gasteiger partial charge in [-0.3, -0.25) is 4.79 Å². The zero-order chi connectivity index (χ0) is 56.0. The molecule has 6 rings (SSSR count). The number of carbonyl (C=O) groups excluding carboxylic acids is 1. The first-order valence-corrected chi connectivity index (χ1v) is 20.0. The molecule has 398 valence electrons. The van der Waals surface area contributed by atoms with Gasteiger partial charge in [0.05, 0.1) is 44.5 Å². The van der Waals surface area contributed by atoms with E-state index in [-0.39, 0.29) is 12.3 Å². The van der Waals surface area contributed by atoms with Crippen molar-refractivity contribution >= 4 is 33.8 Å². The molecule has 0 amide bonds. The van der Waals surface area contributed by atoms with Crippen molar-refractivity contribution in [3.05, 3.63) is 183 Å². The molecule has 0 spiro atoms. The fourth-order valence-electron chi connectivity index (χ4n) is 7.73. The van der Waals surface area contributed by atoms with Gasteiger partial charge in [-0.1, -0.05) is 84.9 Å². The van der Waals surface area contributed by atoms with E-state index in [0.29, 0.717) is 11.3 Å². The van der Waals surface area contributed by atoms with E-state index in [0.717, 1.165) is 0 Å². The van der Waals surface area contributed by atoms with E-state index in [4.69, 9.17) is 0 Å². The second-order valence-electron chi connectivity index (χ2n) is 16.0. The van der Waals surface area contributed by atoms with Crippen LogP contribution < -0.4 is 26.4 Å². The number of carbonyl (C=O) groups is 1. The molecule has 0 unspecified atom stereocenters. The number of Topliss-reactive ketones (excluding diaryl/α,β-unsaturated/α-hetero) is 1. The molecule has 0 aliphatic carbocycles. The van der Waals surface area contributed by atoms with Crippen LogP contribution in [0.15, 0.2) is 128 Å². The van der Waals surface area contributed by atoms with Gasteiger partial charge in [0.1, 0.15) is 6.15 Å². The van der Waals surface area contributed by atoms with Gasteiger partial charge in [-0.15, -0.1) is 0 Å². The van der Waals surface area contributed by atoms with E-state index < -0.39 is 201 Å². The van der Waals surface area contributed by atoms with Gasteiger partial charge in [0.15, 0.2) is 12.9 Å². The van der Waals surface area contributed by atoms with Gasteiger partial charge < -0.3 is 0 Å². The van der Waals surface area contributed by atoms with Crippen LogP contribution in [0.1, 0.15) is 60.6 Å². The first kappa shape index (κ1) is 58.1. The van der Waals surface area contributed by atoms with E-state index in [1.165, 1.54) is 0 Å². The Morgan fingerprint density at radius 1 is 0.351 bits per heavy atom. The normalized spacial score (nSPS) is 13.4. The summed E-state index contributed by atoms with van der Waals surface area (Å²) in [5.41, 5.74) is -29.0. The minimum absolute atomic E-state index is 0.0171. The first-order chi connectivity index (χ1) is 33.6. The molecule has 0 saturated heterocycles. The highest BCUT2D eigenvalue weighted by Gasteiger charge is 2.47. The van der Waals surface area contributed by atoms with E-state index in [1.54, 1.807) is 41.1 Å². The lowest BCUT2D eigenvalue weighted by molar-refractivity contribution is -0.691. The molecule has 6 aromatic rings. The van der Waals surface area contributed by atoms with Crippen LogP contribution in [0.25, 0.3) is 0 Å². The summed E-state index contributed by atoms with van der Waals surface area (Å²) in [6.45, 7) is -0.396. The van der Waals surface area contributed by atoms with E-state index >= 15 is 0 Å². The average Bonchev–Trinajstić information content (AvgIpc) is 3.27. The van der Waals surface area contributed by atoms with Crippen LogP contribution in [0.4, 0.5) is 110 Å². The number of alkyl halides is 25. The molecule has 0 aliphatic heterocycles. The molecule has 5 aromatic carbocycles. The molecule has 28 heteroatoms. The van der Waals surface area contributed by atoms with Crippen LogP contribution in [0.3, 0.4) is 0 Å². The maximum atomic E-state index is 14.2. The van der Waals surface area contributed by atoms with E-state index in [1.807, 2.05) is 18.2 Å². The lowest BCUT2D eigenvalue weighted by atomic mass is 9.12. The number of aromatic nitrogens is 1. The van der Waals surface area contributed by atoms with Crippen LogP contribution in [-0.2, 0) is 62.6 Å². The zero-order valence-corrected chi connectivity index (χ0v) is 35.9. The maximum absolute atomic E-state index is 14.2. The van der Waals surface area contributed by atoms with Crippen LogP contribution in [0, 0.1) is 0 Å². The Morgan fingerprint density at radius 3 is 0.824 bits per heavy atom. The number of hydrogen-bond acceptors (Lipinski definition) is 1. The summed E-state index contributed by atoms with van der Waals surface area (Å²) in [5, 5.41) is 0. The minimum atomic E-state index is -6.13. The third-order valence-electron chi connectivity index (χ3n) is 11.0. The van der Waals surface area contributed by atoms with Crippen molar-refractivity contribution in [1.29, 1.82) is 0 Å². The fraction of sp³-hybridized carbons (Fsp3) is 0.217. The Bertz CT molecular complexity index is 2540. The molecule has 0 aliphatic rings. The second kappa shape index (κ2) is 20.2. The van der Waals surface area contributed by atoms with Gasteiger partial charge in [0, 0.05) is 17.7 Å². The largest absolute Gasteiger partial charge is 0.416 e. The van der Waals surface area contributed by atoms with Crippen LogP contribution in [0.2, 0.25) is 0 Å². The molecule has 1 aromatic heterocycles. The lowest BCUT2D eigenvalue weighted by Crippen LogP contribution is -2.75. The van der Waals surface area contributed by atoms with Crippen molar-refractivity contribution in [2.75, 3.05) is 0 Å². The summed E-state index contributed by atoms with van der Waals surface area (Å²) in [6.07, 6.45) is -53.1. The first-order valence-electron chi connectivity index (χ1n) is 20.0. The third-order valence-corrected chi connectivity index (χ3v) is 11.0. The lowest BCUT2D eigenvalue weighted by Gasteiger charge is -2.46. The Balaban J connectivity index is 0.000000500. The average molecular weight is 1090 g/mol. The minimum Gasteiger partial charge on any atom is -0.287 e. The summed E-state index contributed by atoms with van der Waals surface area (Å²) in [5.74, 6) is -0.0171. The van der Waals surface area contributed by atoms with Gasteiger partial charge in [-0.25, -0.2) is 4.39 Å². The summed E-state index contributed by atoms with van der Waals surface area (Å²) < 4.78 is 355. The van der Waals surface area contributed by atoms with Crippen molar-refractivity contribution < 1.29 is 119 Å². The van der Waals surface area contributed by atoms with Crippen molar-refractivity contribution in [1.82, 2.24) is 0 Å². The Kier molecular flexibility index (Phi) is 15.8. The Labute approximate surface area is 398 Å². The molecule has 74 heavy (non-hydrogen) atoms. The summed E-state index contributed by atoms with van der Waals surface area (Å²) in [4.78, 5) is 11.9. The highest BCUT2D eigenvalue weighted by atomic mass is 19.4. The van der Waals surface area contributed by atoms with Crippen molar-refractivity contribution in [2.24, 2.45) is 0 Å². The van der Waals surface area contributed by atoms with Gasteiger partial charge in [-0.2, -0.15) is 132 Å². The number of ketones is 1. The van der Waals surface area contributed by atoms with Gasteiger partial charge in [0.2, 0.25) is 18.0 Å². The number of benzene rings is 5. The van der Waals surface area contributed by atoms with E-state index in [9.17, 15) is 115 Å². The van der Waals surface area contributed by atoms with Crippen molar-refractivity contribution in [3.8, 4) is 0 Å². The Morgan fingerprint density at radius 2 is 0.595 bits per heavy atom. The smallest absolute Gasteiger partial charge is 0.287 e. The van der Waals surface area contributed by atoms with Gasteiger partial charge in [-0.05, 0) is 24.3 Å².